The lowest BCUT2D eigenvalue weighted by molar-refractivity contribution is -0.114. The molecule has 0 radical (unpaired) electrons. The summed E-state index contributed by atoms with van der Waals surface area (Å²) in [5.41, 5.74) is 7.92. The molecule has 0 bridgehead atoms. The van der Waals surface area contributed by atoms with Crippen molar-refractivity contribution in [2.75, 3.05) is 5.32 Å². The Bertz CT molecular complexity index is 793. The van der Waals surface area contributed by atoms with Crippen LogP contribution in [-0.4, -0.2) is 21.9 Å². The maximum Gasteiger partial charge on any atom is 0.259 e. The molecule has 6 nitrogen and oxygen atoms in total. The fourth-order valence-electron chi connectivity index (χ4n) is 3.02. The second kappa shape index (κ2) is 6.53. The Morgan fingerprint density at radius 2 is 2.30 bits per heavy atom. The molecular weight excluding hydrogens is 290 g/mol. The fourth-order valence-corrected chi connectivity index (χ4v) is 3.02. The average Bonchev–Trinajstić information content (AvgIpc) is 3.17. The van der Waals surface area contributed by atoms with Crippen LogP contribution in [0.3, 0.4) is 0 Å². The zero-order valence-corrected chi connectivity index (χ0v) is 12.8. The Morgan fingerprint density at radius 1 is 1.52 bits per heavy atom. The number of amides is 1. The molecule has 1 saturated carbocycles. The largest absolute Gasteiger partial charge is 0.381 e. The number of carbonyl (C=O) groups excluding carboxylic acids is 1. The maximum atomic E-state index is 11.1. The minimum Gasteiger partial charge on any atom is -0.381 e. The quantitative estimate of drug-likeness (QED) is 0.582. The Labute approximate surface area is 134 Å². The lowest BCUT2D eigenvalue weighted by Gasteiger charge is -2.13. The third-order valence-electron chi connectivity index (χ3n) is 4.25. The van der Waals surface area contributed by atoms with E-state index in [1.165, 1.54) is 25.7 Å². The number of H-pyrrole nitrogens is 1. The first-order valence-corrected chi connectivity index (χ1v) is 7.80. The molecule has 0 atom stereocenters. The number of nitrogens with two attached hydrogens (primary N) is 1. The van der Waals surface area contributed by atoms with Crippen molar-refractivity contribution in [3.63, 3.8) is 0 Å². The monoisotopic (exact) mass is 309 g/mol. The Morgan fingerprint density at radius 3 is 3.00 bits per heavy atom. The topological polar surface area (TPSA) is 108 Å². The van der Waals surface area contributed by atoms with Crippen LogP contribution >= 0.6 is 0 Å². The molecule has 1 aliphatic carbocycles. The lowest BCUT2D eigenvalue weighted by atomic mass is 10.1. The van der Waals surface area contributed by atoms with Crippen LogP contribution in [0, 0.1) is 11.3 Å². The number of carbonyl (C=O) groups is 1. The van der Waals surface area contributed by atoms with Gasteiger partial charge in [0.25, 0.3) is 5.91 Å². The number of fused-ring (bicyclic) bond motifs is 1. The molecule has 23 heavy (non-hydrogen) atoms. The summed E-state index contributed by atoms with van der Waals surface area (Å²) in [7, 11) is 0. The minimum atomic E-state index is -0.700. The van der Waals surface area contributed by atoms with Crippen LogP contribution in [0.1, 0.15) is 31.2 Å². The number of rotatable bonds is 5. The number of nitrogens with zero attached hydrogens (tertiary/aromatic N) is 2. The molecule has 6 heteroatoms. The molecule has 3 rings (SSSR count). The number of allylic oxidation sites excluding steroid dienone is 1. The van der Waals surface area contributed by atoms with Gasteiger partial charge in [-0.2, -0.15) is 5.26 Å². The van der Waals surface area contributed by atoms with E-state index in [2.05, 4.69) is 21.4 Å². The van der Waals surface area contributed by atoms with E-state index in [9.17, 15) is 4.79 Å². The van der Waals surface area contributed by atoms with E-state index < -0.39 is 5.91 Å². The van der Waals surface area contributed by atoms with Gasteiger partial charge >= 0.3 is 0 Å². The predicted octanol–water partition coefficient (Wildman–Crippen LogP) is 2.40. The summed E-state index contributed by atoms with van der Waals surface area (Å²) in [5, 5.41) is 13.4. The number of aromatic amines is 1. The second-order valence-corrected chi connectivity index (χ2v) is 5.86. The molecular formula is C17H19N5O. The predicted molar refractivity (Wildman–Crippen MR) is 88.6 cm³/mol. The zero-order valence-electron chi connectivity index (χ0n) is 12.8. The number of nitriles is 1. The number of primary amides is 1. The average molecular weight is 309 g/mol. The number of pyridine rings is 1. The van der Waals surface area contributed by atoms with Gasteiger partial charge in [0.15, 0.2) is 0 Å². The Hall–Kier alpha value is -2.81. The third kappa shape index (κ3) is 3.34. The standard InChI is InChI=1S/C17H19N5O/c18-8-11(16(19)23)5-6-12-9-20-17-15(12)7-14(10-21-17)22-13-3-1-2-4-13/h5,7,9-10,13,22H,1-4,6H2,(H2,19,23)(H,20,21)/b11-5+. The molecule has 1 aliphatic rings. The number of aromatic nitrogens is 2. The van der Waals surface area contributed by atoms with Crippen molar-refractivity contribution in [3.8, 4) is 6.07 Å². The molecule has 0 saturated heterocycles. The zero-order chi connectivity index (χ0) is 16.2. The smallest absolute Gasteiger partial charge is 0.259 e. The summed E-state index contributed by atoms with van der Waals surface area (Å²) in [4.78, 5) is 18.6. The molecule has 0 aromatic carbocycles. The number of hydrogen-bond acceptors (Lipinski definition) is 4. The molecule has 2 aromatic heterocycles. The molecule has 2 aromatic rings. The number of nitrogens with one attached hydrogen (secondary N) is 2. The summed E-state index contributed by atoms with van der Waals surface area (Å²) >= 11 is 0. The maximum absolute atomic E-state index is 11.1. The molecule has 4 N–H and O–H groups in total. The Kier molecular flexibility index (Phi) is 4.29. The molecule has 0 spiro atoms. The highest BCUT2D eigenvalue weighted by molar-refractivity contribution is 5.96. The highest BCUT2D eigenvalue weighted by Crippen LogP contribution is 2.25. The summed E-state index contributed by atoms with van der Waals surface area (Å²) in [6, 6.07) is 4.41. The highest BCUT2D eigenvalue weighted by Gasteiger charge is 2.15. The van der Waals surface area contributed by atoms with Crippen LogP contribution in [0.15, 0.2) is 30.1 Å². The van der Waals surface area contributed by atoms with Crippen LogP contribution in [0.4, 0.5) is 5.69 Å². The van der Waals surface area contributed by atoms with Gasteiger partial charge in [0.1, 0.15) is 17.3 Å². The van der Waals surface area contributed by atoms with E-state index in [1.807, 2.05) is 18.5 Å². The molecule has 0 unspecified atom stereocenters. The van der Waals surface area contributed by atoms with Crippen molar-refractivity contribution in [3.05, 3.63) is 35.7 Å². The summed E-state index contributed by atoms with van der Waals surface area (Å²) in [5.74, 6) is -0.700. The third-order valence-corrected chi connectivity index (χ3v) is 4.25. The molecule has 2 heterocycles. The molecule has 118 valence electrons. The van der Waals surface area contributed by atoms with Gasteiger partial charge in [-0.3, -0.25) is 4.79 Å². The van der Waals surface area contributed by atoms with Gasteiger partial charge in [0.05, 0.1) is 11.9 Å². The summed E-state index contributed by atoms with van der Waals surface area (Å²) < 4.78 is 0. The number of anilines is 1. The van der Waals surface area contributed by atoms with E-state index in [0.29, 0.717) is 12.5 Å². The van der Waals surface area contributed by atoms with E-state index >= 15 is 0 Å². The highest BCUT2D eigenvalue weighted by atomic mass is 16.1. The van der Waals surface area contributed by atoms with Gasteiger partial charge in [-0.1, -0.05) is 18.9 Å². The van der Waals surface area contributed by atoms with Crippen LogP contribution in [0.5, 0.6) is 0 Å². The van der Waals surface area contributed by atoms with Crippen molar-refractivity contribution in [2.45, 2.75) is 38.1 Å². The normalized spacial score (nSPS) is 15.7. The van der Waals surface area contributed by atoms with E-state index in [-0.39, 0.29) is 5.57 Å². The van der Waals surface area contributed by atoms with E-state index in [4.69, 9.17) is 11.0 Å². The van der Waals surface area contributed by atoms with Crippen LogP contribution < -0.4 is 11.1 Å². The van der Waals surface area contributed by atoms with Gasteiger partial charge in [-0.25, -0.2) is 4.98 Å². The first-order chi connectivity index (χ1) is 11.2. The van der Waals surface area contributed by atoms with Crippen LogP contribution in [-0.2, 0) is 11.2 Å². The first kappa shape index (κ1) is 15.1. The molecule has 1 amide bonds. The number of hydrogen-bond donors (Lipinski definition) is 3. The molecule has 0 aliphatic heterocycles. The van der Waals surface area contributed by atoms with Gasteiger partial charge < -0.3 is 16.0 Å². The van der Waals surface area contributed by atoms with Gasteiger partial charge in [0.2, 0.25) is 0 Å². The second-order valence-electron chi connectivity index (χ2n) is 5.86. The minimum absolute atomic E-state index is 0.0208. The first-order valence-electron chi connectivity index (χ1n) is 7.80. The van der Waals surface area contributed by atoms with Crippen LogP contribution in [0.25, 0.3) is 11.0 Å². The lowest BCUT2D eigenvalue weighted by Crippen LogP contribution is -2.14. The van der Waals surface area contributed by atoms with Gasteiger partial charge in [0, 0.05) is 17.6 Å². The van der Waals surface area contributed by atoms with E-state index in [1.54, 1.807) is 6.08 Å². The van der Waals surface area contributed by atoms with Crippen molar-refractivity contribution in [2.24, 2.45) is 5.73 Å². The van der Waals surface area contributed by atoms with Crippen LogP contribution in [0.2, 0.25) is 0 Å². The molecule has 1 fully saturated rings. The van der Waals surface area contributed by atoms with Crippen molar-refractivity contribution < 1.29 is 4.79 Å². The van der Waals surface area contributed by atoms with Crippen molar-refractivity contribution >= 4 is 22.6 Å². The SMILES string of the molecule is N#C/C(=C\Cc1c[nH]c2ncc(NC3CCCC3)cc12)C(N)=O. The summed E-state index contributed by atoms with van der Waals surface area (Å²) in [6.07, 6.45) is 10.7. The van der Waals surface area contributed by atoms with Gasteiger partial charge in [-0.15, -0.1) is 0 Å². The van der Waals surface area contributed by atoms with Crippen molar-refractivity contribution in [1.29, 1.82) is 5.26 Å². The van der Waals surface area contributed by atoms with Crippen molar-refractivity contribution in [1.82, 2.24) is 9.97 Å². The van der Waals surface area contributed by atoms with E-state index in [0.717, 1.165) is 22.3 Å². The fraction of sp³-hybridized carbons (Fsp3) is 0.353. The Balaban J connectivity index is 1.83. The summed E-state index contributed by atoms with van der Waals surface area (Å²) in [6.45, 7) is 0. The van der Waals surface area contributed by atoms with Gasteiger partial charge in [-0.05, 0) is 30.9 Å².